The van der Waals surface area contributed by atoms with Crippen LogP contribution in [0.1, 0.15) is 6.92 Å². The summed E-state index contributed by atoms with van der Waals surface area (Å²) in [7, 11) is 0. The molecule has 0 rings (SSSR count). The lowest BCUT2D eigenvalue weighted by atomic mass is 10.3. The van der Waals surface area contributed by atoms with E-state index < -0.39 is 24.7 Å². The third-order valence-electron chi connectivity index (χ3n) is 0.995. The predicted molar refractivity (Wildman–Crippen MR) is 27.6 cm³/mol. The number of carbonyl (C=O) groups excluding carboxylic acids is 1. The van der Waals surface area contributed by atoms with Crippen molar-refractivity contribution < 1.29 is 41.3 Å². The number of hydrogen-bond acceptors (Lipinski definition) is 4. The largest absolute Gasteiger partial charge is 0.544 e. The van der Waals surface area contributed by atoms with E-state index >= 15 is 0 Å². The van der Waals surface area contributed by atoms with Gasteiger partial charge in [-0.1, -0.05) is 0 Å². The highest BCUT2D eigenvalue weighted by atomic mass is 19.4. The molecule has 0 aromatic carbocycles. The van der Waals surface area contributed by atoms with Crippen LogP contribution >= 0.6 is 0 Å². The first kappa shape index (κ1) is 13.0. The molecule has 0 aromatic rings. The van der Waals surface area contributed by atoms with Gasteiger partial charge in [0.2, 0.25) is 5.79 Å². The molecule has 0 bridgehead atoms. The van der Waals surface area contributed by atoms with Crippen molar-refractivity contribution in [3.8, 4) is 0 Å². The molecule has 0 aromatic heterocycles. The Kier molecular flexibility index (Phi) is 3.77. The zero-order valence-electron chi connectivity index (χ0n) is 6.60. The van der Waals surface area contributed by atoms with Crippen LogP contribution in [0.15, 0.2) is 0 Å². The summed E-state index contributed by atoms with van der Waals surface area (Å²) in [5.41, 5.74) is 0. The molecule has 0 saturated heterocycles. The molecule has 14 heavy (non-hydrogen) atoms. The molecule has 0 radical (unpaired) electrons. The SMILES string of the molecule is CC(OC(F)F)(OC(F)(F)F)C(=O)[O-]. The molecule has 0 amide bonds. The summed E-state index contributed by atoms with van der Waals surface area (Å²) < 4.78 is 63.6. The van der Waals surface area contributed by atoms with E-state index in [-0.39, 0.29) is 6.92 Å². The molecule has 0 aliphatic carbocycles. The quantitative estimate of drug-likeness (QED) is 0.505. The van der Waals surface area contributed by atoms with Crippen molar-refractivity contribution in [3.63, 3.8) is 0 Å². The van der Waals surface area contributed by atoms with E-state index in [1.54, 1.807) is 0 Å². The Hall–Kier alpha value is -0.960. The molecule has 0 spiro atoms. The van der Waals surface area contributed by atoms with Gasteiger partial charge in [0.1, 0.15) is 5.97 Å². The van der Waals surface area contributed by atoms with E-state index in [1.165, 1.54) is 0 Å². The average molecular weight is 223 g/mol. The smallest absolute Gasteiger partial charge is 0.525 e. The van der Waals surface area contributed by atoms with E-state index in [1.807, 2.05) is 0 Å². The minimum Gasteiger partial charge on any atom is -0.544 e. The lowest BCUT2D eigenvalue weighted by molar-refractivity contribution is -0.446. The number of halogens is 5. The van der Waals surface area contributed by atoms with Gasteiger partial charge in [0.05, 0.1) is 0 Å². The van der Waals surface area contributed by atoms with Crippen molar-refractivity contribution in [2.45, 2.75) is 25.7 Å². The van der Waals surface area contributed by atoms with Gasteiger partial charge >= 0.3 is 13.0 Å². The van der Waals surface area contributed by atoms with E-state index in [0.717, 1.165) is 0 Å². The average Bonchev–Trinajstić information content (AvgIpc) is 1.79. The Morgan fingerprint density at radius 1 is 1.36 bits per heavy atom. The van der Waals surface area contributed by atoms with Crippen LogP contribution in [0, 0.1) is 0 Å². The molecule has 0 aliphatic heterocycles. The molecule has 1 atom stereocenters. The summed E-state index contributed by atoms with van der Waals surface area (Å²) in [6, 6.07) is 0. The van der Waals surface area contributed by atoms with Gasteiger partial charge in [-0.15, -0.1) is 13.2 Å². The molecule has 0 N–H and O–H groups in total. The van der Waals surface area contributed by atoms with E-state index in [2.05, 4.69) is 9.47 Å². The predicted octanol–water partition coefficient (Wildman–Crippen LogP) is 0.228. The van der Waals surface area contributed by atoms with Gasteiger partial charge in [-0.2, -0.15) is 8.78 Å². The van der Waals surface area contributed by atoms with Gasteiger partial charge in [-0.25, -0.2) is 0 Å². The maximum atomic E-state index is 11.5. The van der Waals surface area contributed by atoms with Crippen molar-refractivity contribution in [1.29, 1.82) is 0 Å². The monoisotopic (exact) mass is 223 g/mol. The minimum atomic E-state index is -5.43. The number of rotatable bonds is 4. The lowest BCUT2D eigenvalue weighted by Gasteiger charge is -2.30. The first-order valence-corrected chi connectivity index (χ1v) is 3.01. The van der Waals surface area contributed by atoms with Gasteiger partial charge in [0.25, 0.3) is 0 Å². The Morgan fingerprint density at radius 2 is 1.79 bits per heavy atom. The molecule has 1 unspecified atom stereocenters. The van der Waals surface area contributed by atoms with Crippen molar-refractivity contribution in [3.05, 3.63) is 0 Å². The molecule has 0 saturated carbocycles. The number of ether oxygens (including phenoxy) is 2. The van der Waals surface area contributed by atoms with E-state index in [4.69, 9.17) is 0 Å². The Balaban J connectivity index is 4.65. The fourth-order valence-electron chi connectivity index (χ4n) is 0.505. The Morgan fingerprint density at radius 3 is 2.00 bits per heavy atom. The molecule has 4 nitrogen and oxygen atoms in total. The van der Waals surface area contributed by atoms with Crippen molar-refractivity contribution in [2.24, 2.45) is 0 Å². The zero-order chi connectivity index (χ0) is 11.6. The van der Waals surface area contributed by atoms with Crippen LogP contribution in [-0.4, -0.2) is 24.7 Å². The highest BCUT2D eigenvalue weighted by molar-refractivity contribution is 5.72. The maximum absolute atomic E-state index is 11.5. The van der Waals surface area contributed by atoms with Crippen molar-refractivity contribution in [2.75, 3.05) is 0 Å². The molecular formula is C5H4F5O4-. The lowest BCUT2D eigenvalue weighted by Crippen LogP contribution is -2.53. The normalized spacial score (nSPS) is 16.8. The molecular weight excluding hydrogens is 219 g/mol. The summed E-state index contributed by atoms with van der Waals surface area (Å²) in [5, 5.41) is 10.0. The number of aliphatic carboxylic acids is 1. The second-order valence-corrected chi connectivity index (χ2v) is 2.16. The molecule has 0 fully saturated rings. The summed E-state index contributed by atoms with van der Waals surface area (Å²) in [5.74, 6) is -6.12. The number of carboxylic acids is 1. The first-order valence-electron chi connectivity index (χ1n) is 3.01. The van der Waals surface area contributed by atoms with Gasteiger partial charge < -0.3 is 9.90 Å². The second kappa shape index (κ2) is 4.05. The summed E-state index contributed by atoms with van der Waals surface area (Å²) in [4.78, 5) is 10.0. The molecule has 0 heterocycles. The van der Waals surface area contributed by atoms with E-state index in [0.29, 0.717) is 0 Å². The number of carboxylic acid groups (broad SMARTS) is 1. The van der Waals surface area contributed by atoms with Crippen LogP contribution in [0.4, 0.5) is 22.0 Å². The fraction of sp³-hybridized carbons (Fsp3) is 0.800. The molecule has 84 valence electrons. The summed E-state index contributed by atoms with van der Waals surface area (Å²) in [6.45, 7) is -3.58. The standard InChI is InChI=1S/C5H5F5O4/c1-4(2(11)12,13-3(6)7)14-5(8,9)10/h3H,1H3,(H,11,12)/p-1. The highest BCUT2D eigenvalue weighted by Crippen LogP contribution is 2.27. The number of carbonyl (C=O) groups is 1. The van der Waals surface area contributed by atoms with Crippen LogP contribution in [0.2, 0.25) is 0 Å². The van der Waals surface area contributed by atoms with Gasteiger partial charge in [0, 0.05) is 0 Å². The van der Waals surface area contributed by atoms with Crippen LogP contribution in [0.5, 0.6) is 0 Å². The number of alkyl halides is 5. The number of hydrogen-bond donors (Lipinski definition) is 0. The second-order valence-electron chi connectivity index (χ2n) is 2.16. The summed E-state index contributed by atoms with van der Waals surface area (Å²) in [6.07, 6.45) is -5.43. The maximum Gasteiger partial charge on any atom is 0.525 e. The summed E-state index contributed by atoms with van der Waals surface area (Å²) >= 11 is 0. The van der Waals surface area contributed by atoms with Gasteiger partial charge in [-0.05, 0) is 6.92 Å². The van der Waals surface area contributed by atoms with Crippen molar-refractivity contribution >= 4 is 5.97 Å². The first-order chi connectivity index (χ1) is 6.07. The Bertz CT molecular complexity index is 215. The fourth-order valence-corrected chi connectivity index (χ4v) is 0.505. The van der Waals surface area contributed by atoms with Crippen LogP contribution < -0.4 is 5.11 Å². The van der Waals surface area contributed by atoms with E-state index in [9.17, 15) is 31.9 Å². The van der Waals surface area contributed by atoms with Gasteiger partial charge in [0.15, 0.2) is 0 Å². The molecule has 9 heteroatoms. The van der Waals surface area contributed by atoms with Crippen LogP contribution in [0.25, 0.3) is 0 Å². The van der Waals surface area contributed by atoms with Crippen molar-refractivity contribution in [1.82, 2.24) is 0 Å². The third-order valence-corrected chi connectivity index (χ3v) is 0.995. The highest BCUT2D eigenvalue weighted by Gasteiger charge is 2.44. The van der Waals surface area contributed by atoms with Crippen LogP contribution in [0.3, 0.4) is 0 Å². The zero-order valence-corrected chi connectivity index (χ0v) is 6.60. The topological polar surface area (TPSA) is 58.6 Å². The Labute approximate surface area is 74.2 Å². The van der Waals surface area contributed by atoms with Gasteiger partial charge in [-0.3, -0.25) is 9.47 Å². The molecule has 0 aliphatic rings. The minimum absolute atomic E-state index is 0.155. The third kappa shape index (κ3) is 4.33. The van der Waals surface area contributed by atoms with Crippen LogP contribution in [-0.2, 0) is 14.3 Å².